The number of anilines is 2. The molecule has 0 unspecified atom stereocenters. The van der Waals surface area contributed by atoms with Crippen LogP contribution in [0, 0.1) is 0 Å². The Bertz CT molecular complexity index is 1010. The number of nitrogen functional groups attached to an aromatic ring is 1. The van der Waals surface area contributed by atoms with E-state index in [1.54, 1.807) is 12.1 Å². The molecule has 0 saturated carbocycles. The number of aromatic amines is 1. The SMILES string of the molecule is NC(=O)c1ccc(N(C=O)Cc2cnc3nc(N)[nH]c(=O)c3n2)cc1. The molecule has 10 heteroatoms. The minimum absolute atomic E-state index is 0.0293. The maximum Gasteiger partial charge on any atom is 0.280 e. The molecule has 0 bridgehead atoms. The lowest BCUT2D eigenvalue weighted by molar-refractivity contribution is -0.107. The zero-order valence-corrected chi connectivity index (χ0v) is 12.8. The predicted molar refractivity (Wildman–Crippen MR) is 89.6 cm³/mol. The number of fused-ring (bicyclic) bond motifs is 1. The number of carbonyl (C=O) groups excluding carboxylic acids is 2. The average molecular weight is 339 g/mol. The molecule has 2 amide bonds. The van der Waals surface area contributed by atoms with Crippen molar-refractivity contribution >= 4 is 35.1 Å². The molecular weight excluding hydrogens is 326 g/mol. The van der Waals surface area contributed by atoms with E-state index < -0.39 is 11.5 Å². The van der Waals surface area contributed by atoms with Crippen molar-refractivity contribution in [2.24, 2.45) is 5.73 Å². The molecule has 0 radical (unpaired) electrons. The van der Waals surface area contributed by atoms with Crippen molar-refractivity contribution in [3.8, 4) is 0 Å². The maximum absolute atomic E-state index is 11.9. The molecule has 0 aliphatic carbocycles. The Morgan fingerprint density at radius 2 is 1.96 bits per heavy atom. The molecule has 1 aromatic carbocycles. The van der Waals surface area contributed by atoms with Gasteiger partial charge in [0.15, 0.2) is 11.2 Å². The lowest BCUT2D eigenvalue weighted by Gasteiger charge is -2.17. The summed E-state index contributed by atoms with van der Waals surface area (Å²) in [7, 11) is 0. The van der Waals surface area contributed by atoms with E-state index in [9.17, 15) is 14.4 Å². The first-order valence-electron chi connectivity index (χ1n) is 7.11. The average Bonchev–Trinajstić information content (AvgIpc) is 2.60. The second-order valence-electron chi connectivity index (χ2n) is 5.13. The minimum Gasteiger partial charge on any atom is -0.369 e. The summed E-state index contributed by atoms with van der Waals surface area (Å²) in [6.45, 7) is 0.0756. The number of amides is 2. The van der Waals surface area contributed by atoms with Crippen molar-refractivity contribution in [2.45, 2.75) is 6.54 Å². The van der Waals surface area contributed by atoms with Crippen LogP contribution in [-0.2, 0) is 11.3 Å². The smallest absolute Gasteiger partial charge is 0.280 e. The van der Waals surface area contributed by atoms with Crippen LogP contribution >= 0.6 is 0 Å². The standard InChI is InChI=1S/C15H13N7O3/c16-12(24)8-1-3-10(4-2-8)22(7-23)6-9-5-18-13-11(19-9)14(25)21-15(17)20-13/h1-5,7H,6H2,(H2,16,24)(H3,17,18,20,21,25). The molecule has 10 nitrogen and oxygen atoms in total. The van der Waals surface area contributed by atoms with E-state index in [0.717, 1.165) is 0 Å². The largest absolute Gasteiger partial charge is 0.369 e. The number of H-pyrrole nitrogens is 1. The number of hydrogen-bond donors (Lipinski definition) is 3. The molecule has 0 aliphatic heterocycles. The fraction of sp³-hybridized carbons (Fsp3) is 0.0667. The second kappa shape index (κ2) is 6.35. The monoisotopic (exact) mass is 339 g/mol. The fourth-order valence-electron chi connectivity index (χ4n) is 2.23. The lowest BCUT2D eigenvalue weighted by atomic mass is 10.2. The van der Waals surface area contributed by atoms with Crippen molar-refractivity contribution in [2.75, 3.05) is 10.6 Å². The number of nitrogens with two attached hydrogens (primary N) is 2. The number of nitrogens with one attached hydrogen (secondary N) is 1. The summed E-state index contributed by atoms with van der Waals surface area (Å²) in [5.41, 5.74) is 11.5. The number of hydrogen-bond acceptors (Lipinski definition) is 7. The molecule has 3 aromatic rings. The topological polar surface area (TPSA) is 161 Å². The highest BCUT2D eigenvalue weighted by atomic mass is 16.1. The highest BCUT2D eigenvalue weighted by molar-refractivity contribution is 5.93. The van der Waals surface area contributed by atoms with Gasteiger partial charge >= 0.3 is 0 Å². The summed E-state index contributed by atoms with van der Waals surface area (Å²) >= 11 is 0. The molecule has 0 aliphatic rings. The van der Waals surface area contributed by atoms with E-state index in [0.29, 0.717) is 23.4 Å². The number of nitrogens with zero attached hydrogens (tertiary/aromatic N) is 4. The zero-order valence-electron chi connectivity index (χ0n) is 12.8. The summed E-state index contributed by atoms with van der Waals surface area (Å²) in [4.78, 5) is 50.2. The van der Waals surface area contributed by atoms with Gasteiger partial charge in [0.25, 0.3) is 5.56 Å². The Kier molecular flexibility index (Phi) is 4.08. The van der Waals surface area contributed by atoms with Gasteiger partial charge in [-0.2, -0.15) is 4.98 Å². The van der Waals surface area contributed by atoms with Gasteiger partial charge in [-0.05, 0) is 24.3 Å². The van der Waals surface area contributed by atoms with Crippen molar-refractivity contribution in [3.63, 3.8) is 0 Å². The first-order valence-corrected chi connectivity index (χ1v) is 7.11. The molecule has 0 atom stereocenters. The predicted octanol–water partition coefficient (Wildman–Crippen LogP) is -0.443. The Labute approximate surface area is 140 Å². The Morgan fingerprint density at radius 3 is 2.60 bits per heavy atom. The Hall–Kier alpha value is -3.82. The third-order valence-corrected chi connectivity index (χ3v) is 3.43. The number of carbonyl (C=O) groups is 2. The first kappa shape index (κ1) is 16.1. The molecule has 2 aromatic heterocycles. The van der Waals surface area contributed by atoms with Crippen LogP contribution in [0.3, 0.4) is 0 Å². The summed E-state index contributed by atoms with van der Waals surface area (Å²) < 4.78 is 0. The zero-order chi connectivity index (χ0) is 18.0. The van der Waals surface area contributed by atoms with E-state index >= 15 is 0 Å². The minimum atomic E-state index is -0.560. The molecule has 126 valence electrons. The fourth-order valence-corrected chi connectivity index (χ4v) is 2.23. The van der Waals surface area contributed by atoms with E-state index in [4.69, 9.17) is 11.5 Å². The van der Waals surface area contributed by atoms with E-state index in [1.807, 2.05) is 0 Å². The van der Waals surface area contributed by atoms with Crippen LogP contribution in [0.5, 0.6) is 0 Å². The van der Waals surface area contributed by atoms with Crippen LogP contribution in [0.25, 0.3) is 11.2 Å². The summed E-state index contributed by atoms with van der Waals surface area (Å²) in [6, 6.07) is 6.19. The van der Waals surface area contributed by atoms with Crippen molar-refractivity contribution < 1.29 is 9.59 Å². The number of benzene rings is 1. The van der Waals surface area contributed by atoms with E-state index in [-0.39, 0.29) is 23.7 Å². The lowest BCUT2D eigenvalue weighted by Crippen LogP contribution is -2.22. The van der Waals surface area contributed by atoms with Gasteiger partial charge in [0.1, 0.15) is 0 Å². The Morgan fingerprint density at radius 1 is 1.24 bits per heavy atom. The van der Waals surface area contributed by atoms with Gasteiger partial charge in [0.05, 0.1) is 18.4 Å². The molecule has 3 rings (SSSR count). The molecule has 25 heavy (non-hydrogen) atoms. The van der Waals surface area contributed by atoms with E-state index in [1.165, 1.54) is 23.2 Å². The van der Waals surface area contributed by atoms with Crippen molar-refractivity contribution in [3.05, 3.63) is 52.1 Å². The number of rotatable bonds is 5. The summed E-state index contributed by atoms with van der Waals surface area (Å²) in [5, 5.41) is 0. The van der Waals surface area contributed by atoms with Gasteiger partial charge in [-0.1, -0.05) is 0 Å². The van der Waals surface area contributed by atoms with Crippen molar-refractivity contribution in [1.82, 2.24) is 19.9 Å². The van der Waals surface area contributed by atoms with Crippen LogP contribution in [0.15, 0.2) is 35.3 Å². The molecule has 0 fully saturated rings. The maximum atomic E-state index is 11.9. The third kappa shape index (κ3) is 3.27. The van der Waals surface area contributed by atoms with Gasteiger partial charge in [-0.25, -0.2) is 9.97 Å². The Balaban J connectivity index is 1.91. The van der Waals surface area contributed by atoms with Crippen LogP contribution in [0.4, 0.5) is 11.6 Å². The molecule has 5 N–H and O–H groups in total. The van der Waals surface area contributed by atoms with Gasteiger partial charge < -0.3 is 16.4 Å². The molecule has 0 spiro atoms. The third-order valence-electron chi connectivity index (χ3n) is 3.43. The highest BCUT2D eigenvalue weighted by Gasteiger charge is 2.11. The number of primary amides is 1. The van der Waals surface area contributed by atoms with Gasteiger partial charge in [0, 0.05) is 11.3 Å². The van der Waals surface area contributed by atoms with Crippen LogP contribution in [0.1, 0.15) is 16.1 Å². The quantitative estimate of drug-likeness (QED) is 0.531. The van der Waals surface area contributed by atoms with E-state index in [2.05, 4.69) is 19.9 Å². The highest BCUT2D eigenvalue weighted by Crippen LogP contribution is 2.16. The van der Waals surface area contributed by atoms with Crippen LogP contribution in [-0.4, -0.2) is 32.3 Å². The van der Waals surface area contributed by atoms with Crippen LogP contribution < -0.4 is 21.9 Å². The normalized spacial score (nSPS) is 10.6. The van der Waals surface area contributed by atoms with Crippen LogP contribution in [0.2, 0.25) is 0 Å². The molecular formula is C15H13N7O3. The van der Waals surface area contributed by atoms with Gasteiger partial charge in [-0.3, -0.25) is 19.4 Å². The van der Waals surface area contributed by atoms with Crippen molar-refractivity contribution in [1.29, 1.82) is 0 Å². The summed E-state index contributed by atoms with van der Waals surface area (Å²) in [5.74, 6) is -0.612. The first-order chi connectivity index (χ1) is 12.0. The van der Waals surface area contributed by atoms with Gasteiger partial charge in [-0.15, -0.1) is 0 Å². The summed E-state index contributed by atoms with van der Waals surface area (Å²) in [6.07, 6.45) is 2.01. The van der Waals surface area contributed by atoms with Gasteiger partial charge in [0.2, 0.25) is 18.3 Å². The molecule has 2 heterocycles. The number of aromatic nitrogens is 4. The molecule has 0 saturated heterocycles. The second-order valence-corrected chi connectivity index (χ2v) is 5.13.